The van der Waals surface area contributed by atoms with Gasteiger partial charge >= 0.3 is 6.09 Å². The predicted molar refractivity (Wildman–Crippen MR) is 63.8 cm³/mol. The van der Waals surface area contributed by atoms with E-state index >= 15 is 0 Å². The molecule has 2 bridgehead atoms. The Kier molecular flexibility index (Phi) is 3.32. The molecule has 2 atom stereocenters. The Hall–Kier alpha value is -0.810. The summed E-state index contributed by atoms with van der Waals surface area (Å²) in [5.74, 6) is 0. The van der Waals surface area contributed by atoms with Crippen LogP contribution in [0.4, 0.5) is 4.79 Å². The molecule has 0 saturated carbocycles. The second-order valence-corrected chi connectivity index (χ2v) is 5.89. The number of nitrogens with zero attached hydrogens (tertiary/aromatic N) is 2. The maximum atomic E-state index is 12.0. The summed E-state index contributed by atoms with van der Waals surface area (Å²) in [6.07, 6.45) is 0.813. The third-order valence-corrected chi connectivity index (χ3v) is 3.37. The molecule has 2 saturated heterocycles. The van der Waals surface area contributed by atoms with Gasteiger partial charge in [0, 0.05) is 31.7 Å². The van der Waals surface area contributed by atoms with E-state index < -0.39 is 5.60 Å². The normalized spacial score (nSPS) is 28.8. The number of piperazine rings is 1. The monoisotopic (exact) mass is 242 g/mol. The van der Waals surface area contributed by atoms with Gasteiger partial charge in [0.15, 0.2) is 0 Å². The smallest absolute Gasteiger partial charge is 0.410 e. The van der Waals surface area contributed by atoms with Gasteiger partial charge in [0.1, 0.15) is 5.60 Å². The van der Waals surface area contributed by atoms with E-state index in [4.69, 9.17) is 9.84 Å². The largest absolute Gasteiger partial charge is 0.444 e. The van der Waals surface area contributed by atoms with Crippen LogP contribution in [0.2, 0.25) is 0 Å². The number of aliphatic hydroxyl groups is 1. The Morgan fingerprint density at radius 1 is 1.35 bits per heavy atom. The zero-order valence-electron chi connectivity index (χ0n) is 10.8. The fraction of sp³-hybridized carbons (Fsp3) is 0.917. The Bertz CT molecular complexity index is 301. The van der Waals surface area contributed by atoms with Crippen LogP contribution in [0.5, 0.6) is 0 Å². The maximum absolute atomic E-state index is 12.0. The van der Waals surface area contributed by atoms with E-state index in [1.165, 1.54) is 0 Å². The maximum Gasteiger partial charge on any atom is 0.410 e. The number of hydrogen-bond acceptors (Lipinski definition) is 4. The quantitative estimate of drug-likeness (QED) is 0.773. The van der Waals surface area contributed by atoms with Crippen LogP contribution in [-0.4, -0.2) is 64.9 Å². The standard InChI is InChI=1S/C12H22N2O3/c1-12(2,3)17-11(16)14-8-9-6-10(14)7-13(9)4-5-15/h9-10,15H,4-8H2,1-3H3/t9-,10-/m0/s1. The number of β-amino-alcohol motifs (C(OH)–C–C–N with tert-alkyl or cyclic N) is 1. The minimum absolute atomic E-state index is 0.190. The fourth-order valence-corrected chi connectivity index (χ4v) is 2.70. The van der Waals surface area contributed by atoms with E-state index in [1.807, 2.05) is 25.7 Å². The number of likely N-dealkylation sites (tertiary alicyclic amines) is 2. The van der Waals surface area contributed by atoms with Crippen molar-refractivity contribution in [1.29, 1.82) is 0 Å². The third-order valence-electron chi connectivity index (χ3n) is 3.37. The van der Waals surface area contributed by atoms with Crippen molar-refractivity contribution < 1.29 is 14.6 Å². The van der Waals surface area contributed by atoms with Crippen LogP contribution in [0.15, 0.2) is 0 Å². The summed E-state index contributed by atoms with van der Waals surface area (Å²) in [6.45, 7) is 8.16. The molecule has 1 N–H and O–H groups in total. The Balaban J connectivity index is 1.89. The zero-order chi connectivity index (χ0) is 12.6. The van der Waals surface area contributed by atoms with Gasteiger partial charge in [-0.25, -0.2) is 4.79 Å². The van der Waals surface area contributed by atoms with Crippen LogP contribution in [0.1, 0.15) is 27.2 Å². The van der Waals surface area contributed by atoms with Gasteiger partial charge in [-0.1, -0.05) is 0 Å². The van der Waals surface area contributed by atoms with Gasteiger partial charge in [-0.05, 0) is 27.2 Å². The molecule has 2 rings (SSSR count). The Morgan fingerprint density at radius 3 is 2.53 bits per heavy atom. The molecular weight excluding hydrogens is 220 g/mol. The summed E-state index contributed by atoms with van der Waals surface area (Å²) in [5, 5.41) is 8.94. The van der Waals surface area contributed by atoms with Crippen molar-refractivity contribution in [3.63, 3.8) is 0 Å². The van der Waals surface area contributed by atoms with Crippen molar-refractivity contribution in [3.05, 3.63) is 0 Å². The van der Waals surface area contributed by atoms with Crippen molar-refractivity contribution in [2.24, 2.45) is 0 Å². The first-order valence-corrected chi connectivity index (χ1v) is 6.25. The summed E-state index contributed by atoms with van der Waals surface area (Å²) in [4.78, 5) is 16.0. The van der Waals surface area contributed by atoms with Gasteiger partial charge < -0.3 is 14.7 Å². The van der Waals surface area contributed by atoms with Crippen LogP contribution in [0, 0.1) is 0 Å². The van der Waals surface area contributed by atoms with Gasteiger partial charge in [-0.15, -0.1) is 0 Å². The molecule has 17 heavy (non-hydrogen) atoms. The van der Waals surface area contributed by atoms with Crippen LogP contribution >= 0.6 is 0 Å². The first-order chi connectivity index (χ1) is 7.90. The molecule has 2 heterocycles. The van der Waals surface area contributed by atoms with Gasteiger partial charge in [0.05, 0.1) is 6.61 Å². The van der Waals surface area contributed by atoms with Gasteiger partial charge in [-0.2, -0.15) is 0 Å². The first kappa shape index (κ1) is 12.6. The summed E-state index contributed by atoms with van der Waals surface area (Å²) in [6, 6.07) is 0.668. The number of carbonyl (C=O) groups excluding carboxylic acids is 1. The first-order valence-electron chi connectivity index (χ1n) is 6.25. The van der Waals surface area contributed by atoms with Gasteiger partial charge in [0.2, 0.25) is 0 Å². The van der Waals surface area contributed by atoms with E-state index in [1.54, 1.807) is 0 Å². The highest BCUT2D eigenvalue weighted by molar-refractivity contribution is 5.69. The molecule has 0 aliphatic carbocycles. The summed E-state index contributed by atoms with van der Waals surface area (Å²) >= 11 is 0. The number of amides is 1. The third kappa shape index (κ3) is 2.72. The average Bonchev–Trinajstić information content (AvgIpc) is 2.74. The van der Waals surface area contributed by atoms with Crippen molar-refractivity contribution in [2.45, 2.75) is 44.9 Å². The Morgan fingerprint density at radius 2 is 2.06 bits per heavy atom. The lowest BCUT2D eigenvalue weighted by atomic mass is 10.2. The summed E-state index contributed by atoms with van der Waals surface area (Å²) in [7, 11) is 0. The number of ether oxygens (including phenoxy) is 1. The summed E-state index contributed by atoms with van der Waals surface area (Å²) < 4.78 is 5.39. The molecule has 2 aliphatic rings. The van der Waals surface area contributed by atoms with Crippen molar-refractivity contribution >= 4 is 6.09 Å². The molecular formula is C12H22N2O3. The molecule has 0 unspecified atom stereocenters. The van der Waals surface area contributed by atoms with E-state index in [-0.39, 0.29) is 18.7 Å². The van der Waals surface area contributed by atoms with E-state index in [9.17, 15) is 4.79 Å². The minimum Gasteiger partial charge on any atom is -0.444 e. The van der Waals surface area contributed by atoms with Gasteiger partial charge in [-0.3, -0.25) is 4.90 Å². The second-order valence-electron chi connectivity index (χ2n) is 5.89. The lowest BCUT2D eigenvalue weighted by Gasteiger charge is -2.34. The highest BCUT2D eigenvalue weighted by atomic mass is 16.6. The predicted octanol–water partition coefficient (Wildman–Crippen LogP) is 0.672. The molecule has 2 aliphatic heterocycles. The number of fused-ring (bicyclic) bond motifs is 2. The highest BCUT2D eigenvalue weighted by Gasteiger charge is 2.45. The molecule has 0 spiro atoms. The molecule has 0 aromatic rings. The van der Waals surface area contributed by atoms with E-state index in [2.05, 4.69) is 4.90 Å². The molecule has 0 aromatic heterocycles. The fourth-order valence-electron chi connectivity index (χ4n) is 2.70. The molecule has 5 nitrogen and oxygen atoms in total. The zero-order valence-corrected chi connectivity index (χ0v) is 10.8. The lowest BCUT2D eigenvalue weighted by molar-refractivity contribution is 0.0120. The van der Waals surface area contributed by atoms with Gasteiger partial charge in [0.25, 0.3) is 0 Å². The van der Waals surface area contributed by atoms with Crippen molar-refractivity contribution in [2.75, 3.05) is 26.2 Å². The second kappa shape index (κ2) is 4.46. The molecule has 1 amide bonds. The molecule has 2 fully saturated rings. The minimum atomic E-state index is -0.427. The summed E-state index contributed by atoms with van der Waals surface area (Å²) in [5.41, 5.74) is -0.427. The van der Waals surface area contributed by atoms with Crippen LogP contribution < -0.4 is 0 Å². The number of carbonyl (C=O) groups is 1. The van der Waals surface area contributed by atoms with Crippen molar-refractivity contribution in [1.82, 2.24) is 9.80 Å². The topological polar surface area (TPSA) is 53.0 Å². The average molecular weight is 242 g/mol. The van der Waals surface area contributed by atoms with Crippen LogP contribution in [-0.2, 0) is 4.74 Å². The van der Waals surface area contributed by atoms with Crippen molar-refractivity contribution in [3.8, 4) is 0 Å². The highest BCUT2D eigenvalue weighted by Crippen LogP contribution is 2.31. The lowest BCUT2D eigenvalue weighted by Crippen LogP contribution is -2.50. The van der Waals surface area contributed by atoms with E-state index in [0.29, 0.717) is 12.6 Å². The molecule has 98 valence electrons. The van der Waals surface area contributed by atoms with E-state index in [0.717, 1.165) is 19.5 Å². The molecule has 0 aromatic carbocycles. The number of rotatable bonds is 2. The number of hydrogen-bond donors (Lipinski definition) is 1. The molecule has 5 heteroatoms. The SMILES string of the molecule is CC(C)(C)OC(=O)N1C[C@@H]2C[C@H]1CN2CCO. The Labute approximate surface area is 102 Å². The van der Waals surface area contributed by atoms with Crippen LogP contribution in [0.3, 0.4) is 0 Å². The molecule has 0 radical (unpaired) electrons. The van der Waals surface area contributed by atoms with Crippen LogP contribution in [0.25, 0.3) is 0 Å². The number of aliphatic hydroxyl groups excluding tert-OH is 1.